The summed E-state index contributed by atoms with van der Waals surface area (Å²) in [6, 6.07) is 0.206. The zero-order valence-corrected chi connectivity index (χ0v) is 13.4. The fraction of sp³-hybridized carbons (Fsp3) is 0.800. The van der Waals surface area contributed by atoms with Gasteiger partial charge < -0.3 is 10.5 Å². The lowest BCUT2D eigenvalue weighted by Crippen LogP contribution is -2.58. The molecule has 1 aromatic heterocycles. The first-order valence-electron chi connectivity index (χ1n) is 7.43. The Balaban J connectivity index is 2.22. The summed E-state index contributed by atoms with van der Waals surface area (Å²) in [6.45, 7) is 13.9. The first-order valence-corrected chi connectivity index (χ1v) is 7.43. The number of nitrogens with two attached hydrogens (primary N) is 1. The number of aromatic nitrogens is 2. The van der Waals surface area contributed by atoms with Crippen molar-refractivity contribution in [3.8, 4) is 0 Å². The van der Waals surface area contributed by atoms with Crippen molar-refractivity contribution in [2.45, 2.75) is 58.4 Å². The van der Waals surface area contributed by atoms with Gasteiger partial charge in [-0.2, -0.15) is 5.10 Å². The van der Waals surface area contributed by atoms with E-state index in [4.69, 9.17) is 10.5 Å². The van der Waals surface area contributed by atoms with E-state index in [9.17, 15) is 0 Å². The van der Waals surface area contributed by atoms with Gasteiger partial charge in [0.1, 0.15) is 0 Å². The first-order chi connectivity index (χ1) is 9.26. The van der Waals surface area contributed by atoms with E-state index in [0.717, 1.165) is 19.6 Å². The van der Waals surface area contributed by atoms with Crippen molar-refractivity contribution in [3.63, 3.8) is 0 Å². The fourth-order valence-corrected chi connectivity index (χ4v) is 3.29. The standard InChI is InChI=1S/C15H28N4O/c1-6-19-9-12(8-17-19)13(7-16)18-10-14(2,3)20-15(4,5)11-18/h8-9,13H,6-7,10-11,16H2,1-5H3. The van der Waals surface area contributed by atoms with Crippen LogP contribution in [0.5, 0.6) is 0 Å². The average molecular weight is 280 g/mol. The largest absolute Gasteiger partial charge is 0.367 e. The summed E-state index contributed by atoms with van der Waals surface area (Å²) in [4.78, 5) is 2.43. The van der Waals surface area contributed by atoms with E-state index in [0.29, 0.717) is 6.54 Å². The predicted octanol–water partition coefficient (Wildman–Crippen LogP) is 1.79. The molecule has 5 nitrogen and oxygen atoms in total. The maximum absolute atomic E-state index is 6.14. The van der Waals surface area contributed by atoms with Crippen LogP contribution in [0.1, 0.15) is 46.2 Å². The van der Waals surface area contributed by atoms with Crippen LogP contribution in [-0.4, -0.2) is 45.5 Å². The van der Waals surface area contributed by atoms with Crippen molar-refractivity contribution in [1.82, 2.24) is 14.7 Å². The predicted molar refractivity (Wildman–Crippen MR) is 80.5 cm³/mol. The molecule has 0 spiro atoms. The van der Waals surface area contributed by atoms with E-state index in [-0.39, 0.29) is 17.2 Å². The topological polar surface area (TPSA) is 56.3 Å². The number of hydrogen-bond acceptors (Lipinski definition) is 4. The molecule has 114 valence electrons. The van der Waals surface area contributed by atoms with E-state index in [2.05, 4.69) is 50.8 Å². The summed E-state index contributed by atoms with van der Waals surface area (Å²) >= 11 is 0. The molecule has 1 aliphatic heterocycles. The van der Waals surface area contributed by atoms with E-state index >= 15 is 0 Å². The minimum Gasteiger partial charge on any atom is -0.367 e. The first kappa shape index (κ1) is 15.5. The van der Waals surface area contributed by atoms with Crippen molar-refractivity contribution in [3.05, 3.63) is 18.0 Å². The summed E-state index contributed by atoms with van der Waals surface area (Å²) in [6.07, 6.45) is 4.05. The molecule has 1 aromatic rings. The maximum Gasteiger partial charge on any atom is 0.0761 e. The van der Waals surface area contributed by atoms with Gasteiger partial charge >= 0.3 is 0 Å². The highest BCUT2D eigenvalue weighted by atomic mass is 16.5. The number of hydrogen-bond donors (Lipinski definition) is 1. The third-order valence-electron chi connectivity index (χ3n) is 3.75. The molecule has 0 amide bonds. The Bertz CT molecular complexity index is 436. The molecule has 0 saturated carbocycles. The molecule has 1 aliphatic rings. The molecule has 20 heavy (non-hydrogen) atoms. The van der Waals surface area contributed by atoms with E-state index in [1.54, 1.807) is 0 Å². The zero-order valence-electron chi connectivity index (χ0n) is 13.4. The molecule has 1 atom stereocenters. The summed E-state index contributed by atoms with van der Waals surface area (Å²) < 4.78 is 8.10. The third-order valence-corrected chi connectivity index (χ3v) is 3.75. The Morgan fingerprint density at radius 3 is 2.35 bits per heavy atom. The van der Waals surface area contributed by atoms with Gasteiger partial charge in [0.25, 0.3) is 0 Å². The van der Waals surface area contributed by atoms with Gasteiger partial charge in [-0.3, -0.25) is 9.58 Å². The van der Waals surface area contributed by atoms with Crippen LogP contribution in [0.4, 0.5) is 0 Å². The summed E-state index contributed by atoms with van der Waals surface area (Å²) in [5.74, 6) is 0. The fourth-order valence-electron chi connectivity index (χ4n) is 3.29. The summed E-state index contributed by atoms with van der Waals surface area (Å²) in [5, 5.41) is 4.37. The molecular weight excluding hydrogens is 252 g/mol. The highest BCUT2D eigenvalue weighted by molar-refractivity contribution is 5.12. The van der Waals surface area contributed by atoms with E-state index in [1.807, 2.05) is 10.9 Å². The van der Waals surface area contributed by atoms with Crippen LogP contribution in [-0.2, 0) is 11.3 Å². The number of morpholine rings is 1. The van der Waals surface area contributed by atoms with Crippen LogP contribution in [0.15, 0.2) is 12.4 Å². The SMILES string of the molecule is CCn1cc(C(CN)N2CC(C)(C)OC(C)(C)C2)cn1. The van der Waals surface area contributed by atoms with Crippen molar-refractivity contribution < 1.29 is 4.74 Å². The van der Waals surface area contributed by atoms with Crippen LogP contribution in [0.25, 0.3) is 0 Å². The van der Waals surface area contributed by atoms with Gasteiger partial charge in [0.15, 0.2) is 0 Å². The average Bonchev–Trinajstić information content (AvgIpc) is 2.74. The number of ether oxygens (including phenoxy) is 1. The van der Waals surface area contributed by atoms with Crippen LogP contribution in [0.2, 0.25) is 0 Å². The molecule has 1 unspecified atom stereocenters. The van der Waals surface area contributed by atoms with Gasteiger partial charge in [-0.15, -0.1) is 0 Å². The van der Waals surface area contributed by atoms with Gasteiger partial charge in [0, 0.05) is 37.9 Å². The molecule has 2 rings (SSSR count). The van der Waals surface area contributed by atoms with Crippen LogP contribution >= 0.6 is 0 Å². The maximum atomic E-state index is 6.14. The smallest absolute Gasteiger partial charge is 0.0761 e. The Hall–Kier alpha value is -0.910. The molecule has 1 fully saturated rings. The second-order valence-corrected chi connectivity index (χ2v) is 6.91. The van der Waals surface area contributed by atoms with Crippen LogP contribution < -0.4 is 5.73 Å². The number of aryl methyl sites for hydroxylation is 1. The van der Waals surface area contributed by atoms with Gasteiger partial charge in [-0.25, -0.2) is 0 Å². The summed E-state index contributed by atoms with van der Waals surface area (Å²) in [5.41, 5.74) is 6.93. The van der Waals surface area contributed by atoms with E-state index in [1.165, 1.54) is 5.56 Å². The molecule has 0 aromatic carbocycles. The minimum atomic E-state index is -0.157. The molecule has 2 heterocycles. The number of rotatable bonds is 4. The number of nitrogens with zero attached hydrogens (tertiary/aromatic N) is 3. The molecule has 2 N–H and O–H groups in total. The Labute approximate surface area is 122 Å². The van der Waals surface area contributed by atoms with Crippen molar-refractivity contribution >= 4 is 0 Å². The van der Waals surface area contributed by atoms with Gasteiger partial charge in [-0.05, 0) is 34.6 Å². The lowest BCUT2D eigenvalue weighted by atomic mass is 9.96. The van der Waals surface area contributed by atoms with Crippen molar-refractivity contribution in [2.24, 2.45) is 5.73 Å². The second kappa shape index (κ2) is 5.47. The van der Waals surface area contributed by atoms with Gasteiger partial charge in [0.05, 0.1) is 23.4 Å². The van der Waals surface area contributed by atoms with Gasteiger partial charge in [-0.1, -0.05) is 0 Å². The van der Waals surface area contributed by atoms with Crippen LogP contribution in [0.3, 0.4) is 0 Å². The Kier molecular flexibility index (Phi) is 4.23. The lowest BCUT2D eigenvalue weighted by molar-refractivity contribution is -0.187. The van der Waals surface area contributed by atoms with Crippen LogP contribution in [0, 0.1) is 0 Å². The Morgan fingerprint density at radius 2 is 1.90 bits per heavy atom. The third kappa shape index (κ3) is 3.40. The Morgan fingerprint density at radius 1 is 1.30 bits per heavy atom. The zero-order chi connectivity index (χ0) is 15.0. The lowest BCUT2D eigenvalue weighted by Gasteiger charge is -2.49. The molecule has 0 bridgehead atoms. The molecule has 0 radical (unpaired) electrons. The highest BCUT2D eigenvalue weighted by Crippen LogP contribution is 2.33. The van der Waals surface area contributed by atoms with Gasteiger partial charge in [0.2, 0.25) is 0 Å². The van der Waals surface area contributed by atoms with Crippen molar-refractivity contribution in [1.29, 1.82) is 0 Å². The minimum absolute atomic E-state index is 0.157. The molecule has 5 heteroatoms. The monoisotopic (exact) mass is 280 g/mol. The van der Waals surface area contributed by atoms with Crippen molar-refractivity contribution in [2.75, 3.05) is 19.6 Å². The molecular formula is C15H28N4O. The molecule has 0 aliphatic carbocycles. The molecule has 1 saturated heterocycles. The highest BCUT2D eigenvalue weighted by Gasteiger charge is 2.40. The second-order valence-electron chi connectivity index (χ2n) is 6.91. The van der Waals surface area contributed by atoms with E-state index < -0.39 is 0 Å². The summed E-state index contributed by atoms with van der Waals surface area (Å²) in [7, 11) is 0. The normalized spacial score (nSPS) is 23.7. The quantitative estimate of drug-likeness (QED) is 0.913.